The summed E-state index contributed by atoms with van der Waals surface area (Å²) >= 11 is 7.42. The van der Waals surface area contributed by atoms with Gasteiger partial charge in [-0.05, 0) is 55.0 Å². The highest BCUT2D eigenvalue weighted by Crippen LogP contribution is 2.23. The van der Waals surface area contributed by atoms with Gasteiger partial charge in [0.2, 0.25) is 5.91 Å². The molecule has 3 rings (SSSR count). The number of thioether (sulfide) groups is 1. The first-order chi connectivity index (χ1) is 14.8. The quantitative estimate of drug-likeness (QED) is 0.276. The topological polar surface area (TPSA) is 101 Å². The number of rotatable bonds is 7. The highest BCUT2D eigenvalue weighted by Gasteiger charge is 2.12. The first kappa shape index (κ1) is 22.3. The molecule has 0 aliphatic rings. The maximum absolute atomic E-state index is 12.3. The van der Waals surface area contributed by atoms with Crippen LogP contribution >= 0.6 is 23.4 Å². The molecular formula is C22H18ClN3O4S. The van der Waals surface area contributed by atoms with Crippen molar-refractivity contribution in [3.63, 3.8) is 0 Å². The number of amides is 2. The van der Waals surface area contributed by atoms with E-state index in [4.69, 9.17) is 11.6 Å². The molecule has 0 saturated heterocycles. The van der Waals surface area contributed by atoms with E-state index in [0.717, 1.165) is 10.5 Å². The number of nitro groups is 1. The van der Waals surface area contributed by atoms with Crippen LogP contribution in [0.25, 0.3) is 0 Å². The van der Waals surface area contributed by atoms with Gasteiger partial charge in [-0.15, -0.1) is 11.8 Å². The lowest BCUT2D eigenvalue weighted by Gasteiger charge is -2.08. The molecule has 0 radical (unpaired) electrons. The molecule has 0 aliphatic carbocycles. The van der Waals surface area contributed by atoms with E-state index in [1.165, 1.54) is 36.0 Å². The number of anilines is 2. The second kappa shape index (κ2) is 10.1. The van der Waals surface area contributed by atoms with Gasteiger partial charge in [0.25, 0.3) is 11.6 Å². The SMILES string of the molecule is Cc1ccc(NC(=O)CSc2ccc(NC(=O)c3cccc([N+](=O)[O-])c3)cc2)cc1Cl. The fourth-order valence-corrected chi connectivity index (χ4v) is 3.49. The predicted molar refractivity (Wildman–Crippen MR) is 123 cm³/mol. The molecule has 9 heteroatoms. The van der Waals surface area contributed by atoms with Crippen LogP contribution in [-0.4, -0.2) is 22.5 Å². The molecule has 0 bridgehead atoms. The van der Waals surface area contributed by atoms with Gasteiger partial charge in [-0.25, -0.2) is 0 Å². The van der Waals surface area contributed by atoms with Gasteiger partial charge < -0.3 is 10.6 Å². The monoisotopic (exact) mass is 455 g/mol. The van der Waals surface area contributed by atoms with Crippen molar-refractivity contribution in [1.82, 2.24) is 0 Å². The molecule has 158 valence electrons. The van der Waals surface area contributed by atoms with Crippen molar-refractivity contribution in [2.45, 2.75) is 11.8 Å². The minimum atomic E-state index is -0.549. The van der Waals surface area contributed by atoms with Gasteiger partial charge in [0.15, 0.2) is 0 Å². The van der Waals surface area contributed by atoms with Gasteiger partial charge >= 0.3 is 0 Å². The highest BCUT2D eigenvalue weighted by molar-refractivity contribution is 8.00. The Hall–Kier alpha value is -3.36. The number of halogens is 1. The van der Waals surface area contributed by atoms with Crippen LogP contribution in [0.2, 0.25) is 5.02 Å². The highest BCUT2D eigenvalue weighted by atomic mass is 35.5. The van der Waals surface area contributed by atoms with Crippen LogP contribution < -0.4 is 10.6 Å². The van der Waals surface area contributed by atoms with Crippen molar-refractivity contribution in [2.24, 2.45) is 0 Å². The molecule has 3 aromatic rings. The van der Waals surface area contributed by atoms with Crippen LogP contribution in [0.1, 0.15) is 15.9 Å². The molecule has 0 aromatic heterocycles. The lowest BCUT2D eigenvalue weighted by atomic mass is 10.2. The van der Waals surface area contributed by atoms with E-state index in [0.29, 0.717) is 16.4 Å². The molecule has 3 aromatic carbocycles. The van der Waals surface area contributed by atoms with Crippen LogP contribution in [0.4, 0.5) is 17.1 Å². The van der Waals surface area contributed by atoms with Gasteiger partial charge in [-0.3, -0.25) is 19.7 Å². The third kappa shape index (κ3) is 6.31. The van der Waals surface area contributed by atoms with E-state index >= 15 is 0 Å². The van der Waals surface area contributed by atoms with Crippen molar-refractivity contribution in [2.75, 3.05) is 16.4 Å². The maximum Gasteiger partial charge on any atom is 0.270 e. The summed E-state index contributed by atoms with van der Waals surface area (Å²) in [5.74, 6) is -0.390. The molecular weight excluding hydrogens is 438 g/mol. The van der Waals surface area contributed by atoms with Gasteiger partial charge in [0.1, 0.15) is 0 Å². The lowest BCUT2D eigenvalue weighted by molar-refractivity contribution is -0.384. The van der Waals surface area contributed by atoms with Crippen LogP contribution in [0, 0.1) is 17.0 Å². The van der Waals surface area contributed by atoms with Crippen molar-refractivity contribution >= 4 is 52.2 Å². The molecule has 7 nitrogen and oxygen atoms in total. The minimum absolute atomic E-state index is 0.148. The zero-order valence-electron chi connectivity index (χ0n) is 16.4. The number of nitro benzene ring substituents is 1. The van der Waals surface area contributed by atoms with Gasteiger partial charge in [0, 0.05) is 39.0 Å². The molecule has 2 amide bonds. The summed E-state index contributed by atoms with van der Waals surface area (Å²) in [6.07, 6.45) is 0. The van der Waals surface area contributed by atoms with Gasteiger partial charge in [-0.2, -0.15) is 0 Å². The number of aryl methyl sites for hydroxylation is 1. The number of benzene rings is 3. The smallest absolute Gasteiger partial charge is 0.270 e. The molecule has 31 heavy (non-hydrogen) atoms. The zero-order chi connectivity index (χ0) is 22.4. The minimum Gasteiger partial charge on any atom is -0.325 e. The summed E-state index contributed by atoms with van der Waals surface area (Å²) in [5.41, 5.74) is 2.16. The molecule has 0 atom stereocenters. The summed E-state index contributed by atoms with van der Waals surface area (Å²) in [5, 5.41) is 16.9. The molecule has 0 saturated carbocycles. The summed E-state index contributed by atoms with van der Waals surface area (Å²) in [7, 11) is 0. The van der Waals surface area contributed by atoms with Crippen molar-refractivity contribution in [3.05, 3.63) is 93.0 Å². The number of nitrogens with zero attached hydrogens (tertiary/aromatic N) is 1. The second-order valence-electron chi connectivity index (χ2n) is 6.59. The van der Waals surface area contributed by atoms with Gasteiger partial charge in [-0.1, -0.05) is 23.7 Å². The van der Waals surface area contributed by atoms with Crippen LogP contribution in [0.15, 0.2) is 71.6 Å². The number of hydrogen-bond donors (Lipinski definition) is 2. The van der Waals surface area contributed by atoms with Crippen LogP contribution in [0.3, 0.4) is 0 Å². The molecule has 0 unspecified atom stereocenters. The van der Waals surface area contributed by atoms with Crippen LogP contribution in [-0.2, 0) is 4.79 Å². The fourth-order valence-electron chi connectivity index (χ4n) is 2.62. The lowest BCUT2D eigenvalue weighted by Crippen LogP contribution is -2.14. The Morgan fingerprint density at radius 3 is 2.39 bits per heavy atom. The Bertz CT molecular complexity index is 1140. The largest absolute Gasteiger partial charge is 0.325 e. The number of non-ortho nitro benzene ring substituents is 1. The molecule has 0 heterocycles. The normalized spacial score (nSPS) is 10.4. The molecule has 0 aliphatic heterocycles. The third-order valence-electron chi connectivity index (χ3n) is 4.26. The van der Waals surface area contributed by atoms with Crippen LogP contribution in [0.5, 0.6) is 0 Å². The Morgan fingerprint density at radius 1 is 1.00 bits per heavy atom. The first-order valence-electron chi connectivity index (χ1n) is 9.16. The zero-order valence-corrected chi connectivity index (χ0v) is 18.0. The fraction of sp³-hybridized carbons (Fsp3) is 0.0909. The summed E-state index contributed by atoms with van der Waals surface area (Å²) in [6.45, 7) is 1.89. The summed E-state index contributed by atoms with van der Waals surface area (Å²) in [6, 6.07) is 17.8. The average molecular weight is 456 g/mol. The Kier molecular flexibility index (Phi) is 7.28. The summed E-state index contributed by atoms with van der Waals surface area (Å²) < 4.78 is 0. The number of carbonyl (C=O) groups is 2. The standard InChI is InChI=1S/C22H18ClN3O4S/c1-14-5-6-17(12-20(14)23)24-21(27)13-31-19-9-7-16(8-10-19)25-22(28)15-3-2-4-18(11-15)26(29)30/h2-12H,13H2,1H3,(H,24,27)(H,25,28). The average Bonchev–Trinajstić information content (AvgIpc) is 2.76. The first-order valence-corrected chi connectivity index (χ1v) is 10.5. The van der Waals surface area contributed by atoms with E-state index in [-0.39, 0.29) is 22.9 Å². The number of nitrogens with one attached hydrogen (secondary N) is 2. The van der Waals surface area contributed by atoms with E-state index < -0.39 is 10.8 Å². The van der Waals surface area contributed by atoms with Crippen molar-refractivity contribution in [3.8, 4) is 0 Å². The van der Waals surface area contributed by atoms with Crippen molar-refractivity contribution < 1.29 is 14.5 Å². The van der Waals surface area contributed by atoms with E-state index in [1.807, 2.05) is 13.0 Å². The molecule has 0 spiro atoms. The number of hydrogen-bond acceptors (Lipinski definition) is 5. The third-order valence-corrected chi connectivity index (χ3v) is 5.68. The predicted octanol–water partition coefficient (Wildman–Crippen LogP) is 5.54. The van der Waals surface area contributed by atoms with E-state index in [2.05, 4.69) is 10.6 Å². The number of carbonyl (C=O) groups excluding carboxylic acids is 2. The Labute approximate surface area is 188 Å². The molecule has 0 fully saturated rings. The van der Waals surface area contributed by atoms with Crippen molar-refractivity contribution in [1.29, 1.82) is 0 Å². The summed E-state index contributed by atoms with van der Waals surface area (Å²) in [4.78, 5) is 35.6. The van der Waals surface area contributed by atoms with E-state index in [1.54, 1.807) is 36.4 Å². The van der Waals surface area contributed by atoms with E-state index in [9.17, 15) is 19.7 Å². The second-order valence-corrected chi connectivity index (χ2v) is 8.04. The Balaban J connectivity index is 1.53. The maximum atomic E-state index is 12.3. The molecule has 2 N–H and O–H groups in total. The van der Waals surface area contributed by atoms with Gasteiger partial charge in [0.05, 0.1) is 10.7 Å². The Morgan fingerprint density at radius 2 is 1.71 bits per heavy atom.